The van der Waals surface area contributed by atoms with Crippen LogP contribution >= 0.6 is 23.0 Å². The Morgan fingerprint density at radius 2 is 1.45 bits per heavy atom. The van der Waals surface area contributed by atoms with E-state index in [4.69, 9.17) is 39.2 Å². The monoisotopic (exact) mass is 668 g/mol. The predicted octanol–water partition coefficient (Wildman–Crippen LogP) is 2.98. The summed E-state index contributed by atoms with van der Waals surface area (Å²) < 4.78 is 33.2. The van der Waals surface area contributed by atoms with E-state index in [1.807, 2.05) is 48.5 Å². The molecule has 0 fully saturated rings. The summed E-state index contributed by atoms with van der Waals surface area (Å²) in [4.78, 5) is 35.2. The van der Waals surface area contributed by atoms with Crippen molar-refractivity contribution < 1.29 is 41.9 Å². The molecular formula is C25H43N4O9P3S. The van der Waals surface area contributed by atoms with Gasteiger partial charge in [0.2, 0.25) is 7.07 Å². The molecule has 0 aliphatic rings. The number of hydrogen-bond donors (Lipinski definition) is 3. The normalized spacial score (nSPS) is 13.6. The number of hydrogen-bond acceptors (Lipinski definition) is 12. The Morgan fingerprint density at radius 1 is 0.929 bits per heavy atom. The Labute approximate surface area is 254 Å². The van der Waals surface area contributed by atoms with Crippen LogP contribution in [0, 0.1) is 0 Å². The average Bonchev–Trinajstić information content (AvgIpc) is 3.00. The number of carbonyl (C=O) groups is 1. The average molecular weight is 669 g/mol. The van der Waals surface area contributed by atoms with Gasteiger partial charge >= 0.3 is 165 Å². The predicted molar refractivity (Wildman–Crippen MR) is 173 cm³/mol. The first-order valence-electron chi connectivity index (χ1n) is 12.9. The van der Waals surface area contributed by atoms with Gasteiger partial charge in [0.25, 0.3) is 0 Å². The van der Waals surface area contributed by atoms with Crippen LogP contribution in [0.25, 0.3) is 0 Å². The topological polar surface area (TPSA) is 144 Å². The van der Waals surface area contributed by atoms with Gasteiger partial charge in [-0.15, -0.1) is 0 Å². The molecule has 13 nitrogen and oxygen atoms in total. The van der Waals surface area contributed by atoms with Crippen molar-refractivity contribution in [3.05, 3.63) is 59.7 Å². The number of ether oxygens (including phenoxy) is 1. The summed E-state index contributed by atoms with van der Waals surface area (Å²) in [5, 5.41) is 7.24. The Hall–Kier alpha value is -1.79. The molecule has 2 aromatic rings. The van der Waals surface area contributed by atoms with Gasteiger partial charge in [-0.05, 0) is 41.6 Å². The molecule has 2 rings (SSSR count). The quantitative estimate of drug-likeness (QED) is 0.115. The minimum atomic E-state index is -3.57. The zero-order chi connectivity index (χ0) is 31.2. The van der Waals surface area contributed by atoms with Crippen LogP contribution in [0.15, 0.2) is 53.6 Å². The van der Waals surface area contributed by atoms with E-state index in [-0.39, 0.29) is 25.0 Å². The van der Waals surface area contributed by atoms with Crippen LogP contribution in [0.1, 0.15) is 11.1 Å². The van der Waals surface area contributed by atoms with E-state index in [2.05, 4.69) is 10.4 Å². The van der Waals surface area contributed by atoms with Crippen LogP contribution in [0.2, 0.25) is 0 Å². The van der Waals surface area contributed by atoms with Gasteiger partial charge in [0.05, 0.1) is 13.3 Å². The maximum Gasteiger partial charge on any atom is -0.0193 e. The summed E-state index contributed by atoms with van der Waals surface area (Å²) in [6.45, 7) is 0.243. The fraction of sp³-hybridized carbons (Fsp3) is 0.440. The van der Waals surface area contributed by atoms with Gasteiger partial charge in [0.1, 0.15) is 5.75 Å². The van der Waals surface area contributed by atoms with Gasteiger partial charge < -0.3 is 4.74 Å². The van der Waals surface area contributed by atoms with E-state index in [0.717, 1.165) is 16.9 Å². The van der Waals surface area contributed by atoms with Gasteiger partial charge in [0, 0.05) is 7.05 Å². The van der Waals surface area contributed by atoms with Crippen molar-refractivity contribution in [3.8, 4) is 11.5 Å². The molecule has 0 bridgehead atoms. The van der Waals surface area contributed by atoms with E-state index in [9.17, 15) is 14.6 Å². The van der Waals surface area contributed by atoms with Crippen molar-refractivity contribution >= 4 is 46.9 Å². The third-order valence-electron chi connectivity index (χ3n) is 6.11. The van der Waals surface area contributed by atoms with Gasteiger partial charge in [-0.25, -0.2) is 4.78 Å². The van der Waals surface area contributed by atoms with Gasteiger partial charge in [-0.1, -0.05) is 0 Å². The summed E-state index contributed by atoms with van der Waals surface area (Å²) in [6.07, 6.45) is 2.11. The first kappa shape index (κ1) is 36.4. The molecule has 0 aliphatic heterocycles. The second kappa shape index (κ2) is 18.1. The molecule has 42 heavy (non-hydrogen) atoms. The Balaban J connectivity index is 1.86. The molecule has 238 valence electrons. The van der Waals surface area contributed by atoms with E-state index >= 15 is 0 Å². The number of carbonyl (C=O) groups excluding carboxylic acids is 1. The zero-order valence-corrected chi connectivity index (χ0v) is 28.6. The maximum absolute atomic E-state index is 12.7. The SMILES string of the molecule is COc1ccc(C=NN(C)[PH](=S)Oc2ccc(CCNC(=O)CN(C[PH](O)(OC)OC)C[PH](O)(OC)OC)cc2)cc1. The number of benzene rings is 2. The standard InChI is InChI=1S/C25H43N4O9P3S/c1-28(27-17-22-9-11-23(33-2)12-10-22)39(42)38-24-13-7-21(8-14-24)15-16-26-25(30)18-29(19-40(31,34-3)35-4)20-41(32,36-5)37-6/h7-14,17,31-32,39-41H,15-16,18-20H2,1-6H3,(H,26,30). The van der Waals surface area contributed by atoms with Crippen molar-refractivity contribution in [1.82, 2.24) is 15.0 Å². The zero-order valence-electron chi connectivity index (χ0n) is 24.7. The van der Waals surface area contributed by atoms with E-state index in [1.165, 1.54) is 33.3 Å². The van der Waals surface area contributed by atoms with Crippen molar-refractivity contribution in [2.75, 3.05) is 68.3 Å². The Kier molecular flexibility index (Phi) is 15.7. The Bertz CT molecular complexity index is 1130. The van der Waals surface area contributed by atoms with Crippen molar-refractivity contribution in [3.63, 3.8) is 0 Å². The minimum absolute atomic E-state index is 0.0921. The molecule has 1 atom stereocenters. The van der Waals surface area contributed by atoms with Crippen LogP contribution in [-0.2, 0) is 41.1 Å². The van der Waals surface area contributed by atoms with Gasteiger partial charge in [-0.3, -0.25) is 0 Å². The van der Waals surface area contributed by atoms with Crippen LogP contribution in [0.3, 0.4) is 0 Å². The Morgan fingerprint density at radius 3 is 1.95 bits per heavy atom. The molecule has 3 N–H and O–H groups in total. The van der Waals surface area contributed by atoms with Crippen LogP contribution in [-0.4, -0.2) is 99.8 Å². The maximum atomic E-state index is 12.7. The first-order chi connectivity index (χ1) is 20.0. The minimum Gasteiger partial charge on any atom is -0.0497 e. The van der Waals surface area contributed by atoms with E-state index in [1.54, 1.807) is 25.2 Å². The molecule has 0 heterocycles. The van der Waals surface area contributed by atoms with Crippen molar-refractivity contribution in [2.24, 2.45) is 5.10 Å². The summed E-state index contributed by atoms with van der Waals surface area (Å²) in [5.74, 6) is 1.10. The summed E-state index contributed by atoms with van der Waals surface area (Å²) in [6, 6.07) is 15.0. The molecular weight excluding hydrogens is 625 g/mol. The second-order valence-corrected chi connectivity index (χ2v) is 16.6. The third kappa shape index (κ3) is 12.4. The third-order valence-corrected chi connectivity index (χ3v) is 12.5. The molecule has 2 aromatic carbocycles. The molecule has 17 heteroatoms. The molecule has 0 aromatic heterocycles. The second-order valence-electron chi connectivity index (χ2n) is 9.04. The number of hydrazone groups is 1. The fourth-order valence-electron chi connectivity index (χ4n) is 3.54. The molecule has 1 amide bonds. The van der Waals surface area contributed by atoms with Crippen molar-refractivity contribution in [2.45, 2.75) is 6.42 Å². The molecule has 0 saturated carbocycles. The summed E-state index contributed by atoms with van der Waals surface area (Å²) >= 11 is 5.52. The molecule has 0 saturated heterocycles. The van der Waals surface area contributed by atoms with Gasteiger partial charge in [-0.2, -0.15) is 5.10 Å². The fourth-order valence-corrected chi connectivity index (χ4v) is 7.25. The van der Waals surface area contributed by atoms with Crippen LogP contribution < -0.4 is 14.6 Å². The van der Waals surface area contributed by atoms with Crippen molar-refractivity contribution in [1.29, 1.82) is 0 Å². The first-order valence-corrected chi connectivity index (χ1v) is 19.3. The smallest absolute Gasteiger partial charge is 0.0193 e. The molecule has 1 unspecified atom stereocenters. The number of nitrogens with one attached hydrogen (secondary N) is 1. The van der Waals surface area contributed by atoms with E-state index < -0.39 is 23.0 Å². The van der Waals surface area contributed by atoms with Crippen LogP contribution in [0.4, 0.5) is 0 Å². The summed E-state index contributed by atoms with van der Waals surface area (Å²) in [7, 11) is -0.259. The summed E-state index contributed by atoms with van der Waals surface area (Å²) in [5.41, 5.74) is 1.91. The largest absolute Gasteiger partial charge is 0.0497 e. The number of nitrogens with zero attached hydrogens (tertiary/aromatic N) is 3. The number of amides is 1. The van der Waals surface area contributed by atoms with Gasteiger partial charge in [0.15, 0.2) is 0 Å². The number of rotatable bonds is 19. The number of methoxy groups -OCH3 is 1. The van der Waals surface area contributed by atoms with E-state index in [0.29, 0.717) is 18.7 Å². The molecule has 0 radical (unpaired) electrons. The molecule has 0 spiro atoms. The molecule has 0 aliphatic carbocycles. The van der Waals surface area contributed by atoms with Crippen LogP contribution in [0.5, 0.6) is 11.5 Å².